The van der Waals surface area contributed by atoms with Crippen LogP contribution in [0.5, 0.6) is 0 Å². The molecule has 3 aromatic carbocycles. The van der Waals surface area contributed by atoms with Gasteiger partial charge in [0.15, 0.2) is 5.11 Å². The van der Waals surface area contributed by atoms with Crippen LogP contribution < -0.4 is 16.0 Å². The van der Waals surface area contributed by atoms with Crippen LogP contribution >= 0.6 is 12.2 Å². The summed E-state index contributed by atoms with van der Waals surface area (Å²) >= 11 is 5.22. The minimum absolute atomic E-state index is 0.151. The molecule has 0 spiro atoms. The monoisotopic (exact) mass is 447 g/mol. The zero-order chi connectivity index (χ0) is 22.8. The van der Waals surface area contributed by atoms with Gasteiger partial charge in [-0.1, -0.05) is 42.5 Å². The summed E-state index contributed by atoms with van der Waals surface area (Å²) in [6.45, 7) is 1.15. The molecule has 0 atom stereocenters. The van der Waals surface area contributed by atoms with Crippen molar-refractivity contribution < 1.29 is 14.3 Å². The first-order valence-electron chi connectivity index (χ1n) is 10.2. The van der Waals surface area contributed by atoms with Gasteiger partial charge in [-0.15, -0.1) is 0 Å². The van der Waals surface area contributed by atoms with Gasteiger partial charge in [-0.2, -0.15) is 0 Å². The van der Waals surface area contributed by atoms with E-state index in [2.05, 4.69) is 16.0 Å². The van der Waals surface area contributed by atoms with Crippen molar-refractivity contribution in [3.63, 3.8) is 0 Å². The van der Waals surface area contributed by atoms with E-state index < -0.39 is 0 Å². The Morgan fingerprint density at radius 1 is 1.00 bits per heavy atom. The summed E-state index contributed by atoms with van der Waals surface area (Å²) in [4.78, 5) is 24.4. The van der Waals surface area contributed by atoms with Crippen LogP contribution in [-0.4, -0.2) is 37.2 Å². The number of hydrogen-bond donors (Lipinski definition) is 3. The van der Waals surface area contributed by atoms with Crippen LogP contribution in [0.1, 0.15) is 22.3 Å². The van der Waals surface area contributed by atoms with E-state index in [0.29, 0.717) is 24.4 Å². The lowest BCUT2D eigenvalue weighted by atomic mass is 10.0. The molecule has 0 bridgehead atoms. The maximum atomic E-state index is 12.3. The third-order valence-electron chi connectivity index (χ3n) is 4.69. The minimum Gasteiger partial charge on any atom is -0.385 e. The maximum absolute atomic E-state index is 12.3. The first-order chi connectivity index (χ1) is 15.6. The molecule has 0 unspecified atom stereocenters. The molecule has 3 rings (SSSR count). The average Bonchev–Trinajstić information content (AvgIpc) is 2.80. The highest BCUT2D eigenvalue weighted by atomic mass is 32.1. The smallest absolute Gasteiger partial charge is 0.251 e. The highest BCUT2D eigenvalue weighted by Crippen LogP contribution is 2.19. The molecule has 0 aromatic heterocycles. The van der Waals surface area contributed by atoms with Crippen LogP contribution in [0.25, 0.3) is 16.8 Å². The molecule has 6 nitrogen and oxygen atoms in total. The van der Waals surface area contributed by atoms with E-state index in [0.717, 1.165) is 22.8 Å². The summed E-state index contributed by atoms with van der Waals surface area (Å²) in [5.41, 5.74) is 2.17. The second-order valence-electron chi connectivity index (χ2n) is 7.02. The van der Waals surface area contributed by atoms with Gasteiger partial charge in [-0.3, -0.25) is 14.9 Å². The maximum Gasteiger partial charge on any atom is 0.251 e. The number of nitrogens with one attached hydrogen (secondary N) is 3. The molecule has 0 radical (unpaired) electrons. The Hall–Kier alpha value is -3.55. The number of thiocarbonyl (C=S) groups is 1. The standard InChI is InChI=1S/C25H25N3O3S/c1-31-17-5-16-26-24(30)20-10-13-21(14-11-20)27-25(32)28-23(29)15-12-19-8-4-7-18-6-2-3-9-22(18)19/h2-4,6-15H,5,16-17H2,1H3,(H,26,30)(H2,27,28,29,32)/b15-12+. The third kappa shape index (κ3) is 6.73. The van der Waals surface area contributed by atoms with Crippen molar-refractivity contribution in [1.82, 2.24) is 10.6 Å². The Labute approximate surface area is 192 Å². The van der Waals surface area contributed by atoms with Crippen molar-refractivity contribution in [3.05, 3.63) is 83.9 Å². The second kappa shape index (κ2) is 11.7. The van der Waals surface area contributed by atoms with Crippen LogP contribution in [0, 0.1) is 0 Å². The fourth-order valence-corrected chi connectivity index (χ4v) is 3.32. The molecule has 2 amide bonds. The van der Waals surface area contributed by atoms with Crippen LogP contribution in [0.3, 0.4) is 0 Å². The lowest BCUT2D eigenvalue weighted by Gasteiger charge is -2.09. The highest BCUT2D eigenvalue weighted by molar-refractivity contribution is 7.80. The Balaban J connectivity index is 1.51. The number of rotatable bonds is 8. The van der Waals surface area contributed by atoms with E-state index >= 15 is 0 Å². The number of anilines is 1. The van der Waals surface area contributed by atoms with Crippen LogP contribution in [0.15, 0.2) is 72.8 Å². The molecule has 0 saturated carbocycles. The number of ether oxygens (including phenoxy) is 1. The van der Waals surface area contributed by atoms with Crippen molar-refractivity contribution in [2.75, 3.05) is 25.6 Å². The lowest BCUT2D eigenvalue weighted by molar-refractivity contribution is -0.115. The number of methoxy groups -OCH3 is 1. The minimum atomic E-state index is -0.331. The Kier molecular flexibility index (Phi) is 8.48. The number of benzene rings is 3. The van der Waals surface area contributed by atoms with Gasteiger partial charge in [0.1, 0.15) is 0 Å². The van der Waals surface area contributed by atoms with Crippen LogP contribution in [0.2, 0.25) is 0 Å². The molecule has 3 N–H and O–H groups in total. The molecule has 0 heterocycles. The van der Waals surface area contributed by atoms with Gasteiger partial charge in [-0.25, -0.2) is 0 Å². The SMILES string of the molecule is COCCCNC(=O)c1ccc(NC(=S)NC(=O)/C=C/c2cccc3ccccc23)cc1. The Morgan fingerprint density at radius 3 is 2.53 bits per heavy atom. The van der Waals surface area contributed by atoms with Crippen molar-refractivity contribution in [2.24, 2.45) is 0 Å². The molecule has 164 valence electrons. The van der Waals surface area contributed by atoms with Crippen molar-refractivity contribution in [2.45, 2.75) is 6.42 Å². The highest BCUT2D eigenvalue weighted by Gasteiger charge is 2.06. The zero-order valence-corrected chi connectivity index (χ0v) is 18.6. The van der Waals surface area contributed by atoms with Gasteiger partial charge in [-0.05, 0) is 65.3 Å². The summed E-state index contributed by atoms with van der Waals surface area (Å²) in [6.07, 6.45) is 3.97. The summed E-state index contributed by atoms with van der Waals surface area (Å²) in [6, 6.07) is 20.8. The van der Waals surface area contributed by atoms with E-state index in [1.165, 1.54) is 6.08 Å². The Morgan fingerprint density at radius 2 is 1.75 bits per heavy atom. The number of hydrogen-bond acceptors (Lipinski definition) is 4. The van der Waals surface area contributed by atoms with E-state index in [9.17, 15) is 9.59 Å². The third-order valence-corrected chi connectivity index (χ3v) is 4.89. The molecule has 0 aliphatic rings. The Bertz CT molecular complexity index is 1120. The van der Waals surface area contributed by atoms with Crippen molar-refractivity contribution in [3.8, 4) is 0 Å². The number of carbonyl (C=O) groups is 2. The number of fused-ring (bicyclic) bond motifs is 1. The first-order valence-corrected chi connectivity index (χ1v) is 10.6. The molecule has 0 aliphatic heterocycles. The van der Waals surface area contributed by atoms with Crippen LogP contribution in [0.4, 0.5) is 5.69 Å². The molecular formula is C25H25N3O3S. The van der Waals surface area contributed by atoms with E-state index in [1.54, 1.807) is 37.5 Å². The van der Waals surface area contributed by atoms with Gasteiger partial charge in [0.05, 0.1) is 0 Å². The molecule has 7 heteroatoms. The summed E-state index contributed by atoms with van der Waals surface area (Å²) in [5, 5.41) is 10.8. The average molecular weight is 448 g/mol. The van der Waals surface area contributed by atoms with Gasteiger partial charge in [0.2, 0.25) is 5.91 Å². The topological polar surface area (TPSA) is 79.5 Å². The molecule has 32 heavy (non-hydrogen) atoms. The van der Waals surface area contributed by atoms with Gasteiger partial charge in [0.25, 0.3) is 5.91 Å². The fourth-order valence-electron chi connectivity index (χ4n) is 3.10. The predicted octanol–water partition coefficient (Wildman–Crippen LogP) is 4.13. The van der Waals surface area contributed by atoms with E-state index in [1.807, 2.05) is 42.5 Å². The van der Waals surface area contributed by atoms with Gasteiger partial charge < -0.3 is 15.4 Å². The first kappa shape index (κ1) is 23.1. The number of carbonyl (C=O) groups excluding carboxylic acids is 2. The quantitative estimate of drug-likeness (QED) is 0.275. The number of amides is 2. The largest absolute Gasteiger partial charge is 0.385 e. The molecule has 3 aromatic rings. The molecule has 0 saturated heterocycles. The predicted molar refractivity (Wildman–Crippen MR) is 133 cm³/mol. The van der Waals surface area contributed by atoms with Crippen molar-refractivity contribution >= 4 is 51.7 Å². The molecule has 0 aliphatic carbocycles. The van der Waals surface area contributed by atoms with Crippen molar-refractivity contribution in [1.29, 1.82) is 0 Å². The van der Waals surface area contributed by atoms with Crippen LogP contribution in [-0.2, 0) is 9.53 Å². The summed E-state index contributed by atoms with van der Waals surface area (Å²) < 4.78 is 4.96. The molecule has 0 fully saturated rings. The lowest BCUT2D eigenvalue weighted by Crippen LogP contribution is -2.32. The normalized spacial score (nSPS) is 10.8. The van der Waals surface area contributed by atoms with E-state index in [-0.39, 0.29) is 16.9 Å². The van der Waals surface area contributed by atoms with E-state index in [4.69, 9.17) is 17.0 Å². The second-order valence-corrected chi connectivity index (χ2v) is 7.43. The fraction of sp³-hybridized carbons (Fsp3) is 0.160. The zero-order valence-electron chi connectivity index (χ0n) is 17.8. The van der Waals surface area contributed by atoms with Gasteiger partial charge >= 0.3 is 0 Å². The van der Waals surface area contributed by atoms with Gasteiger partial charge in [0, 0.05) is 37.6 Å². The summed E-state index contributed by atoms with van der Waals surface area (Å²) in [5.74, 6) is -0.482. The summed E-state index contributed by atoms with van der Waals surface area (Å²) in [7, 11) is 1.63. The molecular weight excluding hydrogens is 422 g/mol.